The van der Waals surface area contributed by atoms with Crippen LogP contribution >= 0.6 is 0 Å². The second kappa shape index (κ2) is 6.76. The van der Waals surface area contributed by atoms with Crippen LogP contribution in [0.5, 0.6) is 11.5 Å². The van der Waals surface area contributed by atoms with Gasteiger partial charge in [-0.15, -0.1) is 0 Å². The lowest BCUT2D eigenvalue weighted by molar-refractivity contribution is -0.132. The predicted molar refractivity (Wildman–Crippen MR) is 109 cm³/mol. The van der Waals surface area contributed by atoms with Gasteiger partial charge in [0.1, 0.15) is 0 Å². The molecule has 3 atom stereocenters. The number of carbonyl (C=O) groups is 1. The molecule has 6 nitrogen and oxygen atoms in total. The van der Waals surface area contributed by atoms with Crippen LogP contribution in [0.4, 0.5) is 0 Å². The van der Waals surface area contributed by atoms with Crippen LogP contribution in [0.1, 0.15) is 50.2 Å². The van der Waals surface area contributed by atoms with Gasteiger partial charge in [-0.25, -0.2) is 8.42 Å². The van der Waals surface area contributed by atoms with Crippen LogP contribution in [0.25, 0.3) is 0 Å². The Labute approximate surface area is 171 Å². The standard InChI is InChI=1S/C22H25NO5S/c1-13(2)14-8-10-15(11-9-14)29(25,26)20-17-12-22(3,23-21(20)24)28-19-16(17)6-5-7-18(19)27-4/h5-11,13,17,20H,12H2,1-4H3,(H,23,24)/t17-,20-,22-/m0/s1. The van der Waals surface area contributed by atoms with Crippen LogP contribution in [-0.4, -0.2) is 32.4 Å². The molecule has 2 bridgehead atoms. The normalized spacial score (nSPS) is 25.8. The number of para-hydroxylation sites is 1. The first kappa shape index (κ1) is 19.8. The molecule has 2 aliphatic rings. The molecule has 0 spiro atoms. The maximum Gasteiger partial charge on any atom is 0.242 e. The average molecular weight is 416 g/mol. The Morgan fingerprint density at radius 2 is 1.86 bits per heavy atom. The summed E-state index contributed by atoms with van der Waals surface area (Å²) in [7, 11) is -2.37. The number of methoxy groups -OCH3 is 1. The van der Waals surface area contributed by atoms with Gasteiger partial charge in [0.2, 0.25) is 5.91 Å². The number of sulfone groups is 1. The van der Waals surface area contributed by atoms with E-state index in [9.17, 15) is 13.2 Å². The molecule has 4 rings (SSSR count). The van der Waals surface area contributed by atoms with E-state index in [0.29, 0.717) is 29.4 Å². The van der Waals surface area contributed by atoms with E-state index in [2.05, 4.69) is 5.32 Å². The second-order valence-corrected chi connectivity index (χ2v) is 10.3. The number of ether oxygens (including phenoxy) is 2. The number of amides is 1. The molecule has 0 saturated carbocycles. The third-order valence-electron chi connectivity index (χ3n) is 5.79. The van der Waals surface area contributed by atoms with Gasteiger partial charge in [0.15, 0.2) is 32.3 Å². The molecule has 1 fully saturated rings. The van der Waals surface area contributed by atoms with Crippen molar-refractivity contribution in [2.45, 2.75) is 54.9 Å². The Kier molecular flexibility index (Phi) is 4.61. The average Bonchev–Trinajstić information content (AvgIpc) is 2.66. The number of hydrogen-bond acceptors (Lipinski definition) is 5. The molecule has 7 heteroatoms. The van der Waals surface area contributed by atoms with Crippen LogP contribution in [0.2, 0.25) is 0 Å². The molecule has 1 amide bonds. The fourth-order valence-electron chi connectivity index (χ4n) is 4.30. The van der Waals surface area contributed by atoms with Gasteiger partial charge >= 0.3 is 0 Å². The lowest BCUT2D eigenvalue weighted by Crippen LogP contribution is -2.63. The van der Waals surface area contributed by atoms with E-state index < -0.39 is 32.6 Å². The third kappa shape index (κ3) is 3.17. The lowest BCUT2D eigenvalue weighted by Gasteiger charge is -2.47. The van der Waals surface area contributed by atoms with Gasteiger partial charge in [-0.05, 0) is 36.6 Å². The van der Waals surface area contributed by atoms with Crippen molar-refractivity contribution in [3.05, 3.63) is 53.6 Å². The summed E-state index contributed by atoms with van der Waals surface area (Å²) < 4.78 is 38.5. The van der Waals surface area contributed by atoms with Gasteiger partial charge in [-0.1, -0.05) is 38.1 Å². The minimum Gasteiger partial charge on any atom is -0.493 e. The maximum atomic E-state index is 13.5. The van der Waals surface area contributed by atoms with Crippen molar-refractivity contribution in [2.24, 2.45) is 0 Å². The van der Waals surface area contributed by atoms with Crippen molar-refractivity contribution in [2.75, 3.05) is 7.11 Å². The number of benzene rings is 2. The fourth-order valence-corrected chi connectivity index (χ4v) is 6.12. The van der Waals surface area contributed by atoms with E-state index in [-0.39, 0.29) is 4.90 Å². The van der Waals surface area contributed by atoms with E-state index >= 15 is 0 Å². The first-order valence-electron chi connectivity index (χ1n) is 9.68. The zero-order valence-electron chi connectivity index (χ0n) is 16.9. The monoisotopic (exact) mass is 415 g/mol. The molecular weight excluding hydrogens is 390 g/mol. The maximum absolute atomic E-state index is 13.5. The minimum absolute atomic E-state index is 0.154. The molecule has 1 N–H and O–H groups in total. The van der Waals surface area contributed by atoms with Gasteiger partial charge in [-0.2, -0.15) is 0 Å². The SMILES string of the molecule is COc1cccc2c1O[C@@]1(C)C[C@@H]2[C@H](S(=O)(=O)c2ccc(C(C)C)cc2)C(=O)N1. The summed E-state index contributed by atoms with van der Waals surface area (Å²) in [6.07, 6.45) is 0.368. The molecule has 0 aromatic heterocycles. The van der Waals surface area contributed by atoms with E-state index in [1.807, 2.05) is 32.0 Å². The van der Waals surface area contributed by atoms with Crippen molar-refractivity contribution in [3.8, 4) is 11.5 Å². The number of rotatable bonds is 4. The Hall–Kier alpha value is -2.54. The molecule has 1 saturated heterocycles. The van der Waals surface area contributed by atoms with E-state index in [0.717, 1.165) is 5.56 Å². The summed E-state index contributed by atoms with van der Waals surface area (Å²) in [6.45, 7) is 5.85. The smallest absolute Gasteiger partial charge is 0.242 e. The molecular formula is C22H25NO5S. The number of carbonyl (C=O) groups excluding carboxylic acids is 1. The molecule has 29 heavy (non-hydrogen) atoms. The second-order valence-electron chi connectivity index (χ2n) is 8.20. The number of hydrogen-bond donors (Lipinski definition) is 1. The number of nitrogens with one attached hydrogen (secondary N) is 1. The zero-order valence-corrected chi connectivity index (χ0v) is 17.7. The van der Waals surface area contributed by atoms with Crippen LogP contribution in [-0.2, 0) is 14.6 Å². The minimum atomic E-state index is -3.90. The topological polar surface area (TPSA) is 81.7 Å². The summed E-state index contributed by atoms with van der Waals surface area (Å²) in [5, 5.41) is 1.55. The van der Waals surface area contributed by atoms with Crippen molar-refractivity contribution in [3.63, 3.8) is 0 Å². The number of piperidine rings is 1. The quantitative estimate of drug-likeness (QED) is 0.828. The highest BCUT2D eigenvalue weighted by molar-refractivity contribution is 7.92. The van der Waals surface area contributed by atoms with Gasteiger partial charge in [-0.3, -0.25) is 4.79 Å². The van der Waals surface area contributed by atoms with Crippen LogP contribution in [0.15, 0.2) is 47.4 Å². The van der Waals surface area contributed by atoms with Crippen molar-refractivity contribution >= 4 is 15.7 Å². The first-order chi connectivity index (χ1) is 13.7. The van der Waals surface area contributed by atoms with Crippen molar-refractivity contribution < 1.29 is 22.7 Å². The van der Waals surface area contributed by atoms with Crippen LogP contribution < -0.4 is 14.8 Å². The molecule has 2 aromatic rings. The highest BCUT2D eigenvalue weighted by Crippen LogP contribution is 2.50. The lowest BCUT2D eigenvalue weighted by atomic mass is 9.81. The molecule has 154 valence electrons. The van der Waals surface area contributed by atoms with Gasteiger partial charge in [0.25, 0.3) is 0 Å². The molecule has 0 radical (unpaired) electrons. The Balaban J connectivity index is 1.82. The van der Waals surface area contributed by atoms with Crippen LogP contribution in [0.3, 0.4) is 0 Å². The summed E-state index contributed by atoms with van der Waals surface area (Å²) in [6, 6.07) is 12.2. The van der Waals surface area contributed by atoms with Crippen molar-refractivity contribution in [1.29, 1.82) is 0 Å². The molecule has 0 aliphatic carbocycles. The Bertz CT molecular complexity index is 1060. The van der Waals surface area contributed by atoms with E-state index in [4.69, 9.17) is 9.47 Å². The van der Waals surface area contributed by atoms with Gasteiger partial charge < -0.3 is 14.8 Å². The number of fused-ring (bicyclic) bond motifs is 4. The highest BCUT2D eigenvalue weighted by Gasteiger charge is 2.54. The van der Waals surface area contributed by atoms with Gasteiger partial charge in [0, 0.05) is 17.9 Å². The molecule has 2 aromatic carbocycles. The molecule has 0 unspecified atom stereocenters. The Morgan fingerprint density at radius 1 is 1.17 bits per heavy atom. The fraction of sp³-hybridized carbons (Fsp3) is 0.409. The van der Waals surface area contributed by atoms with Crippen molar-refractivity contribution in [1.82, 2.24) is 5.32 Å². The zero-order chi connectivity index (χ0) is 21.0. The summed E-state index contributed by atoms with van der Waals surface area (Å²) in [5.74, 6) is 0.240. The highest BCUT2D eigenvalue weighted by atomic mass is 32.2. The largest absolute Gasteiger partial charge is 0.493 e. The van der Waals surface area contributed by atoms with Crippen LogP contribution in [0, 0.1) is 0 Å². The first-order valence-corrected chi connectivity index (χ1v) is 11.2. The van der Waals surface area contributed by atoms with E-state index in [1.165, 1.54) is 7.11 Å². The molecule has 2 aliphatic heterocycles. The van der Waals surface area contributed by atoms with E-state index in [1.54, 1.807) is 31.2 Å². The van der Waals surface area contributed by atoms with Gasteiger partial charge in [0.05, 0.1) is 12.0 Å². The summed E-state index contributed by atoms with van der Waals surface area (Å²) in [5.41, 5.74) is 0.756. The third-order valence-corrected chi connectivity index (χ3v) is 7.93. The summed E-state index contributed by atoms with van der Waals surface area (Å²) >= 11 is 0. The summed E-state index contributed by atoms with van der Waals surface area (Å²) in [4.78, 5) is 13.1. The molecule has 2 heterocycles. The predicted octanol–water partition coefficient (Wildman–Crippen LogP) is 3.37. The Morgan fingerprint density at radius 3 is 2.48 bits per heavy atom.